The Kier molecular flexibility index (Phi) is 7.49. The van der Waals surface area contributed by atoms with Gasteiger partial charge in [-0.3, -0.25) is 9.36 Å². The number of hydrogen-bond donors (Lipinski definition) is 1. The highest BCUT2D eigenvalue weighted by Crippen LogP contribution is 2.27. The van der Waals surface area contributed by atoms with Crippen LogP contribution >= 0.6 is 0 Å². The predicted octanol–water partition coefficient (Wildman–Crippen LogP) is 4.17. The van der Waals surface area contributed by atoms with Gasteiger partial charge >= 0.3 is 0 Å². The number of benzene rings is 2. The van der Waals surface area contributed by atoms with Crippen LogP contribution in [0.15, 0.2) is 63.5 Å². The minimum atomic E-state index is -0.449. The number of rotatable bonds is 7. The first-order valence-electron chi connectivity index (χ1n) is 10.2. The number of aliphatic imine (C=N–C) groups is 1. The van der Waals surface area contributed by atoms with Crippen molar-refractivity contribution < 1.29 is 14.3 Å². The van der Waals surface area contributed by atoms with Crippen LogP contribution in [0.4, 0.5) is 4.39 Å². The van der Waals surface area contributed by atoms with Gasteiger partial charge < -0.3 is 9.94 Å². The maximum atomic E-state index is 15.1. The summed E-state index contributed by atoms with van der Waals surface area (Å²) in [5.74, 6) is 0.231. The Morgan fingerprint density at radius 3 is 2.72 bits per heavy atom. The van der Waals surface area contributed by atoms with Gasteiger partial charge in [0.05, 0.1) is 13.7 Å². The SMILES string of the molecule is CCCc1nc(C)cc(=O)n1Cc1ccc(-c2ccccc2/C(N=COC)=N/O)cc1F. The Labute approximate surface area is 185 Å². The van der Waals surface area contributed by atoms with E-state index in [9.17, 15) is 10.0 Å². The molecule has 0 saturated heterocycles. The van der Waals surface area contributed by atoms with E-state index in [1.54, 1.807) is 43.3 Å². The zero-order valence-electron chi connectivity index (χ0n) is 18.2. The highest BCUT2D eigenvalue weighted by molar-refractivity contribution is 6.06. The third-order valence-electron chi connectivity index (χ3n) is 4.92. The van der Waals surface area contributed by atoms with Crippen molar-refractivity contribution in [3.05, 3.63) is 87.3 Å². The van der Waals surface area contributed by atoms with Crippen molar-refractivity contribution in [2.24, 2.45) is 10.1 Å². The number of aryl methyl sites for hydroxylation is 2. The lowest BCUT2D eigenvalue weighted by atomic mass is 9.97. The van der Waals surface area contributed by atoms with Crippen molar-refractivity contribution in [1.29, 1.82) is 0 Å². The van der Waals surface area contributed by atoms with Crippen LogP contribution in [0.25, 0.3) is 11.1 Å². The average Bonchev–Trinajstić information content (AvgIpc) is 2.78. The fourth-order valence-corrected chi connectivity index (χ4v) is 3.46. The molecular formula is C24H25FN4O3. The topological polar surface area (TPSA) is 89.1 Å². The summed E-state index contributed by atoms with van der Waals surface area (Å²) in [6.45, 7) is 3.88. The Hall–Kier alpha value is -3.81. The van der Waals surface area contributed by atoms with Crippen LogP contribution in [-0.2, 0) is 17.7 Å². The molecule has 0 spiro atoms. The van der Waals surface area contributed by atoms with Crippen molar-refractivity contribution >= 4 is 12.2 Å². The van der Waals surface area contributed by atoms with Crippen molar-refractivity contribution in [3.63, 3.8) is 0 Å². The largest absolute Gasteiger partial charge is 0.486 e. The molecule has 0 fully saturated rings. The molecule has 0 radical (unpaired) electrons. The van der Waals surface area contributed by atoms with Crippen molar-refractivity contribution in [1.82, 2.24) is 9.55 Å². The quantitative estimate of drug-likeness (QED) is 0.261. The van der Waals surface area contributed by atoms with Crippen LogP contribution < -0.4 is 5.56 Å². The monoisotopic (exact) mass is 436 g/mol. The van der Waals surface area contributed by atoms with E-state index >= 15 is 4.39 Å². The number of amidine groups is 1. The van der Waals surface area contributed by atoms with Gasteiger partial charge in [0.25, 0.3) is 5.56 Å². The number of aromatic nitrogens is 2. The summed E-state index contributed by atoms with van der Waals surface area (Å²) in [7, 11) is 1.43. The van der Waals surface area contributed by atoms with E-state index in [-0.39, 0.29) is 17.9 Å². The van der Waals surface area contributed by atoms with E-state index in [1.165, 1.54) is 23.8 Å². The first-order valence-corrected chi connectivity index (χ1v) is 10.2. The lowest BCUT2D eigenvalue weighted by Crippen LogP contribution is -2.26. The van der Waals surface area contributed by atoms with E-state index in [4.69, 9.17) is 4.74 Å². The molecule has 1 heterocycles. The lowest BCUT2D eigenvalue weighted by molar-refractivity contribution is 0.318. The zero-order chi connectivity index (χ0) is 23.1. The average molecular weight is 436 g/mol. The van der Waals surface area contributed by atoms with E-state index in [1.807, 2.05) is 6.92 Å². The van der Waals surface area contributed by atoms with Crippen molar-refractivity contribution in [3.8, 4) is 11.1 Å². The molecule has 0 amide bonds. The molecule has 32 heavy (non-hydrogen) atoms. The van der Waals surface area contributed by atoms with Crippen LogP contribution in [0, 0.1) is 12.7 Å². The molecule has 1 N–H and O–H groups in total. The second kappa shape index (κ2) is 10.5. The molecule has 0 atom stereocenters. The van der Waals surface area contributed by atoms with Gasteiger partial charge in [0.15, 0.2) is 6.40 Å². The molecule has 1 aromatic heterocycles. The summed E-state index contributed by atoms with van der Waals surface area (Å²) in [5.41, 5.74) is 2.57. The van der Waals surface area contributed by atoms with E-state index in [0.717, 1.165) is 12.8 Å². The smallest absolute Gasteiger partial charge is 0.254 e. The number of nitrogens with zero attached hydrogens (tertiary/aromatic N) is 4. The van der Waals surface area contributed by atoms with E-state index in [0.29, 0.717) is 40.2 Å². The van der Waals surface area contributed by atoms with Gasteiger partial charge in [0.2, 0.25) is 5.84 Å². The van der Waals surface area contributed by atoms with Crippen LogP contribution in [0.3, 0.4) is 0 Å². The first-order chi connectivity index (χ1) is 15.5. The Morgan fingerprint density at radius 2 is 2.03 bits per heavy atom. The van der Waals surface area contributed by atoms with Crippen LogP contribution in [0.5, 0.6) is 0 Å². The Morgan fingerprint density at radius 1 is 1.25 bits per heavy atom. The molecule has 8 heteroatoms. The fourth-order valence-electron chi connectivity index (χ4n) is 3.46. The van der Waals surface area contributed by atoms with Crippen LogP contribution in [0.2, 0.25) is 0 Å². The highest BCUT2D eigenvalue weighted by Gasteiger charge is 2.14. The van der Waals surface area contributed by atoms with Crippen molar-refractivity contribution in [2.75, 3.05) is 7.11 Å². The number of hydrogen-bond acceptors (Lipinski definition) is 5. The molecule has 7 nitrogen and oxygen atoms in total. The van der Waals surface area contributed by atoms with E-state index in [2.05, 4.69) is 15.1 Å². The Balaban J connectivity index is 2.00. The van der Waals surface area contributed by atoms with Crippen molar-refractivity contribution in [2.45, 2.75) is 33.2 Å². The molecule has 2 aromatic carbocycles. The van der Waals surface area contributed by atoms with Crippen LogP contribution in [0.1, 0.15) is 36.0 Å². The molecule has 0 unspecified atom stereocenters. The number of halogens is 1. The molecule has 3 rings (SSSR count). The fraction of sp³-hybridized carbons (Fsp3) is 0.250. The lowest BCUT2D eigenvalue weighted by Gasteiger charge is -2.14. The molecule has 3 aromatic rings. The van der Waals surface area contributed by atoms with E-state index < -0.39 is 5.82 Å². The molecule has 0 aliphatic carbocycles. The molecule has 0 aliphatic heterocycles. The van der Waals surface area contributed by atoms with Gasteiger partial charge in [0.1, 0.15) is 11.6 Å². The van der Waals surface area contributed by atoms with Crippen LogP contribution in [-0.4, -0.2) is 34.1 Å². The maximum Gasteiger partial charge on any atom is 0.254 e. The normalized spacial score (nSPS) is 11.8. The van der Waals surface area contributed by atoms with Gasteiger partial charge in [-0.05, 0) is 30.5 Å². The second-order valence-electron chi connectivity index (χ2n) is 7.23. The summed E-state index contributed by atoms with van der Waals surface area (Å²) in [6, 6.07) is 13.3. The molecule has 166 valence electrons. The highest BCUT2D eigenvalue weighted by atomic mass is 19.1. The third kappa shape index (κ3) is 5.08. The number of ether oxygens (including phenoxy) is 1. The number of oxime groups is 1. The van der Waals surface area contributed by atoms with Gasteiger partial charge in [-0.15, -0.1) is 0 Å². The van der Waals surface area contributed by atoms with Gasteiger partial charge in [-0.25, -0.2) is 9.37 Å². The summed E-state index contributed by atoms with van der Waals surface area (Å²) in [6.07, 6.45) is 2.61. The van der Waals surface area contributed by atoms with Gasteiger partial charge in [0, 0.05) is 29.3 Å². The maximum absolute atomic E-state index is 15.1. The minimum Gasteiger partial charge on any atom is -0.486 e. The summed E-state index contributed by atoms with van der Waals surface area (Å²) in [4.78, 5) is 20.9. The standard InChI is InChI=1S/C24H25FN4O3/c1-4-7-22-27-16(2)12-23(30)29(22)14-18-11-10-17(13-21(18)25)19-8-5-6-9-20(19)24(28-31)26-15-32-3/h5-6,8-13,15,31H,4,7,14H2,1-3H3/b26-15?,28-24-. The minimum absolute atomic E-state index is 0.0356. The Bertz CT molecular complexity index is 1220. The summed E-state index contributed by atoms with van der Waals surface area (Å²) >= 11 is 0. The third-order valence-corrected chi connectivity index (χ3v) is 4.92. The molecule has 0 saturated carbocycles. The molecule has 0 bridgehead atoms. The molecule has 0 aliphatic rings. The second-order valence-corrected chi connectivity index (χ2v) is 7.23. The molecular weight excluding hydrogens is 411 g/mol. The summed E-state index contributed by atoms with van der Waals surface area (Å²) in [5, 5.41) is 12.6. The first kappa shape index (κ1) is 22.9. The summed E-state index contributed by atoms with van der Waals surface area (Å²) < 4.78 is 21.4. The predicted molar refractivity (Wildman–Crippen MR) is 122 cm³/mol. The number of methoxy groups -OCH3 is 1. The zero-order valence-corrected chi connectivity index (χ0v) is 18.2. The van der Waals surface area contributed by atoms with Gasteiger partial charge in [-0.2, -0.15) is 4.99 Å². The van der Waals surface area contributed by atoms with Gasteiger partial charge in [-0.1, -0.05) is 48.5 Å².